The number of hydrogen-bond acceptors (Lipinski definition) is 0. The van der Waals surface area contributed by atoms with E-state index in [-0.39, 0.29) is 0 Å². The lowest BCUT2D eigenvalue weighted by molar-refractivity contribution is 0.320. The fourth-order valence-corrected chi connectivity index (χ4v) is 2.25. The molecule has 0 saturated carbocycles. The minimum Gasteiger partial charge on any atom is -0.0651 e. The van der Waals surface area contributed by atoms with Gasteiger partial charge in [0.05, 0.1) is 0 Å². The summed E-state index contributed by atoms with van der Waals surface area (Å²) in [6, 6.07) is 0. The molecule has 1 unspecified atom stereocenters. The first-order valence-electron chi connectivity index (χ1n) is 6.87. The van der Waals surface area contributed by atoms with Gasteiger partial charge in [-0.1, -0.05) is 73.6 Å². The summed E-state index contributed by atoms with van der Waals surface area (Å²) in [4.78, 5) is 0. The number of unbranched alkanes of at least 4 members (excludes halogenated alkanes) is 2. The summed E-state index contributed by atoms with van der Waals surface area (Å²) in [7, 11) is 0. The molecule has 0 fully saturated rings. The largest absolute Gasteiger partial charge is 0.0651 e. The average molecular weight is 212 g/mol. The topological polar surface area (TPSA) is 0 Å². The summed E-state index contributed by atoms with van der Waals surface area (Å²) in [6.07, 6.45) is 8.46. The maximum absolute atomic E-state index is 2.36. The van der Waals surface area contributed by atoms with E-state index in [0.717, 1.165) is 11.8 Å². The van der Waals surface area contributed by atoms with Crippen molar-refractivity contribution < 1.29 is 0 Å². The molecule has 0 aromatic heterocycles. The second kappa shape index (κ2) is 7.30. The highest BCUT2D eigenvalue weighted by Gasteiger charge is 2.11. The lowest BCUT2D eigenvalue weighted by atomic mass is 9.86. The normalized spacial score (nSPS) is 14.6. The molecule has 15 heavy (non-hydrogen) atoms. The predicted molar refractivity (Wildman–Crippen MR) is 71.2 cm³/mol. The first-order valence-corrected chi connectivity index (χ1v) is 6.87. The van der Waals surface area contributed by atoms with Crippen LogP contribution in [0.3, 0.4) is 0 Å². The first-order chi connectivity index (χ1) is 6.87. The Kier molecular flexibility index (Phi) is 7.30. The Hall–Kier alpha value is 0. The smallest absolute Gasteiger partial charge is 0.0383 e. The van der Waals surface area contributed by atoms with Gasteiger partial charge < -0.3 is 0 Å². The van der Waals surface area contributed by atoms with Crippen LogP contribution >= 0.6 is 0 Å². The fourth-order valence-electron chi connectivity index (χ4n) is 2.25. The second-order valence-electron chi connectivity index (χ2n) is 6.57. The van der Waals surface area contributed by atoms with Crippen molar-refractivity contribution in [1.29, 1.82) is 0 Å². The zero-order valence-electron chi connectivity index (χ0n) is 11.9. The van der Waals surface area contributed by atoms with E-state index in [0.29, 0.717) is 5.41 Å². The van der Waals surface area contributed by atoms with Gasteiger partial charge in [-0.2, -0.15) is 0 Å². The van der Waals surface area contributed by atoms with Crippen LogP contribution in [0.5, 0.6) is 0 Å². The lowest BCUT2D eigenvalue weighted by Crippen LogP contribution is -2.07. The highest BCUT2D eigenvalue weighted by atomic mass is 14.2. The molecule has 1 atom stereocenters. The van der Waals surface area contributed by atoms with Gasteiger partial charge in [-0.25, -0.2) is 0 Å². The van der Waals surface area contributed by atoms with Crippen molar-refractivity contribution in [3.8, 4) is 0 Å². The molecule has 0 amide bonds. The highest BCUT2D eigenvalue weighted by Crippen LogP contribution is 2.25. The number of rotatable bonds is 7. The van der Waals surface area contributed by atoms with Crippen molar-refractivity contribution in [3.05, 3.63) is 0 Å². The third kappa shape index (κ3) is 8.96. The van der Waals surface area contributed by atoms with Crippen molar-refractivity contribution in [2.75, 3.05) is 0 Å². The molecule has 0 aromatic carbocycles. The molecule has 0 N–H and O–H groups in total. The van der Waals surface area contributed by atoms with Crippen molar-refractivity contribution in [3.63, 3.8) is 0 Å². The molecule has 92 valence electrons. The van der Waals surface area contributed by atoms with Crippen molar-refractivity contribution in [1.82, 2.24) is 0 Å². The molecule has 0 radical (unpaired) electrons. The van der Waals surface area contributed by atoms with Crippen LogP contribution in [0, 0.1) is 17.3 Å². The van der Waals surface area contributed by atoms with E-state index < -0.39 is 0 Å². The fraction of sp³-hybridized carbons (Fsp3) is 1.00. The predicted octanol–water partition coefficient (Wildman–Crippen LogP) is 5.67. The van der Waals surface area contributed by atoms with Gasteiger partial charge in [0.15, 0.2) is 0 Å². The van der Waals surface area contributed by atoms with E-state index >= 15 is 0 Å². The Morgan fingerprint density at radius 2 is 1.53 bits per heavy atom. The molecule has 0 heteroatoms. The van der Waals surface area contributed by atoms with Crippen molar-refractivity contribution in [2.45, 2.75) is 80.1 Å². The van der Waals surface area contributed by atoms with Gasteiger partial charge in [0.2, 0.25) is 0 Å². The van der Waals surface area contributed by atoms with Crippen molar-refractivity contribution in [2.24, 2.45) is 17.3 Å². The van der Waals surface area contributed by atoms with Crippen LogP contribution in [0.4, 0.5) is 0 Å². The first kappa shape index (κ1) is 15.0. The molecule has 0 bridgehead atoms. The zero-order valence-corrected chi connectivity index (χ0v) is 11.9. The summed E-state index contributed by atoms with van der Waals surface area (Å²) in [5.74, 6) is 1.83. The zero-order chi connectivity index (χ0) is 11.9. The van der Waals surface area contributed by atoms with E-state index in [9.17, 15) is 0 Å². The third-order valence-electron chi connectivity index (χ3n) is 3.47. The maximum Gasteiger partial charge on any atom is -0.0383 e. The lowest BCUT2D eigenvalue weighted by Gasteiger charge is -2.20. The molecule has 0 aliphatic heterocycles. The summed E-state index contributed by atoms with van der Waals surface area (Å²) in [5, 5.41) is 0. The molecule has 0 aromatic rings. The van der Waals surface area contributed by atoms with Gasteiger partial charge in [-0.05, 0) is 23.7 Å². The quantitative estimate of drug-likeness (QED) is 0.477. The molecular formula is C15H32. The van der Waals surface area contributed by atoms with Gasteiger partial charge in [-0.3, -0.25) is 0 Å². The molecule has 0 heterocycles. The molecule has 0 aliphatic carbocycles. The number of hydrogen-bond donors (Lipinski definition) is 0. The average Bonchev–Trinajstić information content (AvgIpc) is 2.08. The van der Waals surface area contributed by atoms with E-state index in [4.69, 9.17) is 0 Å². The van der Waals surface area contributed by atoms with E-state index in [2.05, 4.69) is 41.5 Å². The highest BCUT2D eigenvalue weighted by molar-refractivity contribution is 4.64. The SMILES string of the molecule is CCC(CCCCCC(C)(C)C)C(C)C. The summed E-state index contributed by atoms with van der Waals surface area (Å²) in [5.41, 5.74) is 0.530. The summed E-state index contributed by atoms with van der Waals surface area (Å²) >= 11 is 0. The van der Waals surface area contributed by atoms with Crippen LogP contribution in [-0.4, -0.2) is 0 Å². The minimum atomic E-state index is 0.530. The van der Waals surface area contributed by atoms with Crippen LogP contribution in [0.2, 0.25) is 0 Å². The molecule has 0 spiro atoms. The molecule has 0 saturated heterocycles. The second-order valence-corrected chi connectivity index (χ2v) is 6.57. The molecule has 0 nitrogen and oxygen atoms in total. The van der Waals surface area contributed by atoms with Gasteiger partial charge in [-0.15, -0.1) is 0 Å². The Labute approximate surface area is 97.8 Å². The van der Waals surface area contributed by atoms with Crippen LogP contribution in [0.1, 0.15) is 80.1 Å². The minimum absolute atomic E-state index is 0.530. The maximum atomic E-state index is 2.36. The Balaban J connectivity index is 3.45. The molecular weight excluding hydrogens is 180 g/mol. The van der Waals surface area contributed by atoms with Crippen molar-refractivity contribution >= 4 is 0 Å². The van der Waals surface area contributed by atoms with E-state index in [1.54, 1.807) is 0 Å². The summed E-state index contributed by atoms with van der Waals surface area (Å²) < 4.78 is 0. The van der Waals surface area contributed by atoms with E-state index in [1.807, 2.05) is 0 Å². The van der Waals surface area contributed by atoms with Crippen LogP contribution in [-0.2, 0) is 0 Å². The van der Waals surface area contributed by atoms with Crippen LogP contribution in [0.15, 0.2) is 0 Å². The monoisotopic (exact) mass is 212 g/mol. The van der Waals surface area contributed by atoms with Crippen LogP contribution < -0.4 is 0 Å². The molecule has 0 aliphatic rings. The Bertz CT molecular complexity index is 139. The van der Waals surface area contributed by atoms with Gasteiger partial charge >= 0.3 is 0 Å². The van der Waals surface area contributed by atoms with E-state index in [1.165, 1.54) is 38.5 Å². The standard InChI is InChI=1S/C15H32/c1-7-14(13(2)3)11-9-8-10-12-15(4,5)6/h13-14H,7-12H2,1-6H3. The van der Waals surface area contributed by atoms with Gasteiger partial charge in [0, 0.05) is 0 Å². The van der Waals surface area contributed by atoms with Gasteiger partial charge in [0.25, 0.3) is 0 Å². The van der Waals surface area contributed by atoms with Crippen LogP contribution in [0.25, 0.3) is 0 Å². The molecule has 0 rings (SSSR count). The Morgan fingerprint density at radius 1 is 0.933 bits per heavy atom. The Morgan fingerprint density at radius 3 is 1.93 bits per heavy atom. The summed E-state index contributed by atoms with van der Waals surface area (Å²) in [6.45, 7) is 14.1. The van der Waals surface area contributed by atoms with Gasteiger partial charge in [0.1, 0.15) is 0 Å². The third-order valence-corrected chi connectivity index (χ3v) is 3.47.